The molecule has 0 saturated carbocycles. The number of benzene rings is 2. The lowest BCUT2D eigenvalue weighted by Gasteiger charge is -2.02. The molecule has 0 aromatic heterocycles. The van der Waals surface area contributed by atoms with E-state index in [9.17, 15) is 5.26 Å². The number of nitriles is 1. The summed E-state index contributed by atoms with van der Waals surface area (Å²) >= 11 is 0. The molecule has 0 bridgehead atoms. The van der Waals surface area contributed by atoms with E-state index in [0.29, 0.717) is 5.57 Å². The van der Waals surface area contributed by atoms with Gasteiger partial charge in [0.15, 0.2) is 0 Å². The summed E-state index contributed by atoms with van der Waals surface area (Å²) in [5.74, 6) is 0.788. The largest absolute Gasteiger partial charge is 0.497 e. The first kappa shape index (κ1) is 11.9. The van der Waals surface area contributed by atoms with Crippen LogP contribution in [0.2, 0.25) is 0 Å². The summed E-state index contributed by atoms with van der Waals surface area (Å²) in [6, 6.07) is 19.5. The zero-order valence-corrected chi connectivity index (χ0v) is 10.1. The average Bonchev–Trinajstić information content (AvgIpc) is 2.46. The molecule has 0 amide bonds. The lowest BCUT2D eigenvalue weighted by Crippen LogP contribution is -1.85. The molecular formula is C16H13NO. The summed E-state index contributed by atoms with van der Waals surface area (Å²) in [5, 5.41) is 9.22. The fraction of sp³-hybridized carbons (Fsp3) is 0.0625. The third kappa shape index (κ3) is 2.78. The Bertz CT molecular complexity index is 577. The second-order valence-corrected chi connectivity index (χ2v) is 3.81. The number of ether oxygens (including phenoxy) is 1. The quantitative estimate of drug-likeness (QED) is 0.599. The molecule has 0 aliphatic rings. The number of hydrogen-bond acceptors (Lipinski definition) is 2. The van der Waals surface area contributed by atoms with Gasteiger partial charge < -0.3 is 4.74 Å². The third-order valence-corrected chi connectivity index (χ3v) is 2.63. The van der Waals surface area contributed by atoms with E-state index in [2.05, 4.69) is 6.07 Å². The predicted molar refractivity (Wildman–Crippen MR) is 72.9 cm³/mol. The summed E-state index contributed by atoms with van der Waals surface area (Å²) in [6.07, 6.45) is 1.88. The SMILES string of the molecule is COc1ccc(/C(C#N)=C\c2ccccc2)cc1. The van der Waals surface area contributed by atoms with E-state index < -0.39 is 0 Å². The second kappa shape index (κ2) is 5.70. The molecule has 18 heavy (non-hydrogen) atoms. The Labute approximate surface area is 107 Å². The van der Waals surface area contributed by atoms with E-state index in [4.69, 9.17) is 4.74 Å². The zero-order valence-electron chi connectivity index (χ0n) is 10.1. The van der Waals surface area contributed by atoms with E-state index in [1.165, 1.54) is 0 Å². The summed E-state index contributed by atoms with van der Waals surface area (Å²) in [5.41, 5.74) is 2.55. The smallest absolute Gasteiger partial charge is 0.118 e. The van der Waals surface area contributed by atoms with E-state index in [1.54, 1.807) is 7.11 Å². The van der Waals surface area contributed by atoms with E-state index >= 15 is 0 Å². The first-order chi connectivity index (χ1) is 8.83. The molecule has 0 saturated heterocycles. The molecule has 2 aromatic rings. The second-order valence-electron chi connectivity index (χ2n) is 3.81. The maximum Gasteiger partial charge on any atom is 0.118 e. The van der Waals surface area contributed by atoms with Crippen molar-refractivity contribution in [1.29, 1.82) is 5.26 Å². The maximum absolute atomic E-state index is 9.22. The minimum absolute atomic E-state index is 0.642. The molecule has 2 nitrogen and oxygen atoms in total. The summed E-state index contributed by atoms with van der Waals surface area (Å²) < 4.78 is 5.10. The van der Waals surface area contributed by atoms with Crippen LogP contribution in [-0.4, -0.2) is 7.11 Å². The lowest BCUT2D eigenvalue weighted by molar-refractivity contribution is 0.415. The molecule has 0 fully saturated rings. The van der Waals surface area contributed by atoms with Crippen molar-refractivity contribution in [3.8, 4) is 11.8 Å². The molecule has 88 valence electrons. The Hall–Kier alpha value is -2.53. The minimum atomic E-state index is 0.642. The van der Waals surface area contributed by atoms with Gasteiger partial charge in [-0.2, -0.15) is 5.26 Å². The van der Waals surface area contributed by atoms with E-state index in [-0.39, 0.29) is 0 Å². The highest BCUT2D eigenvalue weighted by Crippen LogP contribution is 2.20. The van der Waals surface area contributed by atoms with Crippen LogP contribution in [0.15, 0.2) is 54.6 Å². The van der Waals surface area contributed by atoms with Gasteiger partial charge >= 0.3 is 0 Å². The van der Waals surface area contributed by atoms with Crippen LogP contribution in [0.4, 0.5) is 0 Å². The highest BCUT2D eigenvalue weighted by molar-refractivity contribution is 5.89. The Balaban J connectivity index is 2.34. The number of allylic oxidation sites excluding steroid dienone is 1. The molecule has 0 spiro atoms. The van der Waals surface area contributed by atoms with Crippen molar-refractivity contribution in [3.63, 3.8) is 0 Å². The summed E-state index contributed by atoms with van der Waals surface area (Å²) in [6.45, 7) is 0. The van der Waals surface area contributed by atoms with Crippen LogP contribution in [0.3, 0.4) is 0 Å². The van der Waals surface area contributed by atoms with Gasteiger partial charge in [-0.25, -0.2) is 0 Å². The first-order valence-electron chi connectivity index (χ1n) is 5.65. The summed E-state index contributed by atoms with van der Waals surface area (Å²) in [4.78, 5) is 0. The van der Waals surface area contributed by atoms with Crippen molar-refractivity contribution < 1.29 is 4.74 Å². The molecule has 0 atom stereocenters. The molecule has 0 unspecified atom stereocenters. The van der Waals surface area contributed by atoms with Crippen LogP contribution >= 0.6 is 0 Å². The van der Waals surface area contributed by atoms with Gasteiger partial charge in [0.05, 0.1) is 18.8 Å². The monoisotopic (exact) mass is 235 g/mol. The molecule has 0 heterocycles. The first-order valence-corrected chi connectivity index (χ1v) is 5.65. The maximum atomic E-state index is 9.22. The molecular weight excluding hydrogens is 222 g/mol. The topological polar surface area (TPSA) is 33.0 Å². The third-order valence-electron chi connectivity index (χ3n) is 2.63. The Kier molecular flexibility index (Phi) is 3.78. The van der Waals surface area contributed by atoms with Crippen LogP contribution in [0.1, 0.15) is 11.1 Å². The van der Waals surface area contributed by atoms with Crippen molar-refractivity contribution in [2.24, 2.45) is 0 Å². The molecule has 0 aliphatic heterocycles. The fourth-order valence-corrected chi connectivity index (χ4v) is 1.67. The van der Waals surface area contributed by atoms with Crippen molar-refractivity contribution in [3.05, 3.63) is 65.7 Å². The van der Waals surface area contributed by atoms with Gasteiger partial charge in [-0.1, -0.05) is 30.3 Å². The van der Waals surface area contributed by atoms with Gasteiger partial charge in [-0.05, 0) is 41.5 Å². The molecule has 0 N–H and O–H groups in total. The van der Waals surface area contributed by atoms with Crippen LogP contribution in [-0.2, 0) is 0 Å². The van der Waals surface area contributed by atoms with Gasteiger partial charge in [-0.3, -0.25) is 0 Å². The van der Waals surface area contributed by atoms with Crippen LogP contribution < -0.4 is 4.74 Å². The minimum Gasteiger partial charge on any atom is -0.497 e. The van der Waals surface area contributed by atoms with Crippen LogP contribution in [0.5, 0.6) is 5.75 Å². The highest BCUT2D eigenvalue weighted by atomic mass is 16.5. The lowest BCUT2D eigenvalue weighted by atomic mass is 10.0. The molecule has 2 aromatic carbocycles. The van der Waals surface area contributed by atoms with Crippen molar-refractivity contribution in [2.45, 2.75) is 0 Å². The van der Waals surface area contributed by atoms with Crippen molar-refractivity contribution in [1.82, 2.24) is 0 Å². The fourth-order valence-electron chi connectivity index (χ4n) is 1.67. The van der Waals surface area contributed by atoms with Gasteiger partial charge in [0.1, 0.15) is 5.75 Å². The van der Waals surface area contributed by atoms with E-state index in [1.807, 2.05) is 60.7 Å². The number of rotatable bonds is 3. The Morgan fingerprint density at radius 2 is 1.72 bits per heavy atom. The highest BCUT2D eigenvalue weighted by Gasteiger charge is 2.01. The van der Waals surface area contributed by atoms with Crippen LogP contribution in [0, 0.1) is 11.3 Å². The predicted octanol–water partition coefficient (Wildman–Crippen LogP) is 3.76. The van der Waals surface area contributed by atoms with Gasteiger partial charge in [-0.15, -0.1) is 0 Å². The van der Waals surface area contributed by atoms with Gasteiger partial charge in [0, 0.05) is 0 Å². The van der Waals surface area contributed by atoms with Crippen LogP contribution in [0.25, 0.3) is 11.6 Å². The Morgan fingerprint density at radius 1 is 1.06 bits per heavy atom. The number of hydrogen-bond donors (Lipinski definition) is 0. The molecule has 0 radical (unpaired) electrons. The number of nitrogens with zero attached hydrogens (tertiary/aromatic N) is 1. The zero-order chi connectivity index (χ0) is 12.8. The molecule has 0 aliphatic carbocycles. The van der Waals surface area contributed by atoms with Gasteiger partial charge in [0.2, 0.25) is 0 Å². The normalized spacial score (nSPS) is 10.8. The Morgan fingerprint density at radius 3 is 2.28 bits per heavy atom. The van der Waals surface area contributed by atoms with Gasteiger partial charge in [0.25, 0.3) is 0 Å². The summed E-state index contributed by atoms with van der Waals surface area (Å²) in [7, 11) is 1.63. The van der Waals surface area contributed by atoms with E-state index in [0.717, 1.165) is 16.9 Å². The van der Waals surface area contributed by atoms with Crippen molar-refractivity contribution >= 4 is 11.6 Å². The number of methoxy groups -OCH3 is 1. The standard InChI is InChI=1S/C16H13NO/c1-18-16-9-7-14(8-10-16)15(12-17)11-13-5-3-2-4-6-13/h2-11H,1H3/b15-11-. The van der Waals surface area contributed by atoms with Crippen molar-refractivity contribution in [2.75, 3.05) is 7.11 Å². The molecule has 2 rings (SSSR count). The average molecular weight is 235 g/mol. The molecule has 2 heteroatoms.